The van der Waals surface area contributed by atoms with Crippen LogP contribution in [-0.2, 0) is 21.2 Å². The molecule has 3 rings (SSSR count). The summed E-state index contributed by atoms with van der Waals surface area (Å²) in [5.74, 6) is 0.0251. The second-order valence-electron chi connectivity index (χ2n) is 6.03. The van der Waals surface area contributed by atoms with Crippen LogP contribution in [0.1, 0.15) is 28.0 Å². The van der Waals surface area contributed by atoms with Crippen LogP contribution in [0.5, 0.6) is 5.75 Å². The van der Waals surface area contributed by atoms with E-state index >= 15 is 0 Å². The summed E-state index contributed by atoms with van der Waals surface area (Å²) < 4.78 is 32.7. The molecule has 1 aliphatic rings. The lowest BCUT2D eigenvalue weighted by Gasteiger charge is -2.25. The first-order chi connectivity index (χ1) is 11.3. The van der Waals surface area contributed by atoms with Gasteiger partial charge in [0, 0.05) is 4.88 Å². The highest BCUT2D eigenvalue weighted by atomic mass is 32.2. The third-order valence-electron chi connectivity index (χ3n) is 4.10. The van der Waals surface area contributed by atoms with Gasteiger partial charge in [-0.3, -0.25) is 4.79 Å². The first-order valence-electron chi connectivity index (χ1n) is 7.66. The monoisotopic (exact) mass is 365 g/mol. The summed E-state index contributed by atoms with van der Waals surface area (Å²) in [7, 11) is -3.86. The fourth-order valence-electron chi connectivity index (χ4n) is 2.62. The number of sulfonamides is 1. The Labute approximate surface area is 145 Å². The van der Waals surface area contributed by atoms with Gasteiger partial charge in [0.2, 0.25) is 0 Å². The zero-order valence-corrected chi connectivity index (χ0v) is 15.4. The van der Waals surface area contributed by atoms with E-state index in [0.717, 1.165) is 32.9 Å². The highest BCUT2D eigenvalue weighted by Crippen LogP contribution is 2.29. The fourth-order valence-corrected chi connectivity index (χ4v) is 5.15. The van der Waals surface area contributed by atoms with Gasteiger partial charge in [0.15, 0.2) is 6.10 Å². The van der Waals surface area contributed by atoms with Crippen LogP contribution in [-0.4, -0.2) is 20.4 Å². The Balaban J connectivity index is 1.74. The van der Waals surface area contributed by atoms with E-state index in [1.807, 2.05) is 39.0 Å². The third-order valence-corrected chi connectivity index (χ3v) is 7.07. The number of carbonyl (C=O) groups excluding carboxylic acids is 1. The number of nitrogens with one attached hydrogen (secondary N) is 1. The minimum Gasteiger partial charge on any atom is -0.480 e. The largest absolute Gasteiger partial charge is 0.480 e. The number of hydrogen-bond donors (Lipinski definition) is 1. The molecule has 1 aromatic heterocycles. The molecule has 0 aliphatic carbocycles. The van der Waals surface area contributed by atoms with Crippen molar-refractivity contribution < 1.29 is 17.9 Å². The molecule has 1 aromatic carbocycles. The van der Waals surface area contributed by atoms with E-state index in [1.54, 1.807) is 6.07 Å². The van der Waals surface area contributed by atoms with Crippen molar-refractivity contribution >= 4 is 27.3 Å². The minimum absolute atomic E-state index is 0.151. The van der Waals surface area contributed by atoms with E-state index in [-0.39, 0.29) is 4.21 Å². The van der Waals surface area contributed by atoms with Crippen LogP contribution in [0, 0.1) is 20.8 Å². The molecule has 0 radical (unpaired) electrons. The Morgan fingerprint density at radius 1 is 1.25 bits per heavy atom. The number of ether oxygens (including phenoxy) is 1. The number of fused-ring (bicyclic) bond motifs is 1. The molecule has 24 heavy (non-hydrogen) atoms. The number of carbonyl (C=O) groups is 1. The summed E-state index contributed by atoms with van der Waals surface area (Å²) >= 11 is 1.16. The van der Waals surface area contributed by atoms with Crippen LogP contribution in [0.4, 0.5) is 0 Å². The summed E-state index contributed by atoms with van der Waals surface area (Å²) in [6, 6.07) is 7.34. The Morgan fingerprint density at radius 2 is 2.00 bits per heavy atom. The quantitative estimate of drug-likeness (QED) is 0.908. The van der Waals surface area contributed by atoms with Crippen LogP contribution in [0.15, 0.2) is 28.5 Å². The Bertz CT molecular complexity index is 880. The minimum atomic E-state index is -3.86. The highest BCUT2D eigenvalue weighted by molar-refractivity contribution is 7.92. The predicted molar refractivity (Wildman–Crippen MR) is 93.0 cm³/mol. The van der Waals surface area contributed by atoms with Gasteiger partial charge in [-0.2, -0.15) is 0 Å². The van der Waals surface area contributed by atoms with Crippen molar-refractivity contribution in [2.75, 3.05) is 0 Å². The number of hydrogen-bond acceptors (Lipinski definition) is 5. The maximum atomic E-state index is 12.4. The Hall–Kier alpha value is -1.86. The summed E-state index contributed by atoms with van der Waals surface area (Å²) in [6.45, 7) is 5.69. The van der Waals surface area contributed by atoms with Crippen molar-refractivity contribution in [3.05, 3.63) is 45.8 Å². The molecule has 7 heteroatoms. The average molecular weight is 365 g/mol. The molecule has 2 heterocycles. The van der Waals surface area contributed by atoms with E-state index in [9.17, 15) is 13.2 Å². The van der Waals surface area contributed by atoms with Gasteiger partial charge in [-0.05, 0) is 56.9 Å². The first kappa shape index (κ1) is 17.0. The van der Waals surface area contributed by atoms with E-state index in [4.69, 9.17) is 4.74 Å². The van der Waals surface area contributed by atoms with Crippen LogP contribution in [0.25, 0.3) is 0 Å². The van der Waals surface area contributed by atoms with Crippen molar-refractivity contribution in [3.63, 3.8) is 0 Å². The van der Waals surface area contributed by atoms with Gasteiger partial charge in [0.1, 0.15) is 9.96 Å². The Kier molecular flexibility index (Phi) is 4.40. The molecule has 0 spiro atoms. The number of aryl methyl sites for hydroxylation is 4. The van der Waals surface area contributed by atoms with Gasteiger partial charge in [-0.1, -0.05) is 17.7 Å². The molecular formula is C17H19NO4S2. The van der Waals surface area contributed by atoms with E-state index in [1.165, 1.54) is 0 Å². The van der Waals surface area contributed by atoms with E-state index < -0.39 is 22.0 Å². The van der Waals surface area contributed by atoms with Crippen molar-refractivity contribution in [1.82, 2.24) is 4.72 Å². The summed E-state index contributed by atoms with van der Waals surface area (Å²) in [5.41, 5.74) is 3.07. The molecule has 1 atom stereocenters. The second kappa shape index (κ2) is 6.22. The predicted octanol–water partition coefficient (Wildman–Crippen LogP) is 2.87. The molecule has 1 amide bonds. The molecule has 1 N–H and O–H groups in total. The molecule has 1 aliphatic heterocycles. The Morgan fingerprint density at radius 3 is 2.67 bits per heavy atom. The van der Waals surface area contributed by atoms with Crippen molar-refractivity contribution in [3.8, 4) is 5.75 Å². The molecule has 0 bridgehead atoms. The maximum absolute atomic E-state index is 12.4. The summed E-state index contributed by atoms with van der Waals surface area (Å²) in [4.78, 5) is 13.3. The van der Waals surface area contributed by atoms with E-state index in [2.05, 4.69) is 4.72 Å². The molecule has 128 valence electrons. The van der Waals surface area contributed by atoms with Crippen LogP contribution in [0.2, 0.25) is 0 Å². The molecular weight excluding hydrogens is 346 g/mol. The van der Waals surface area contributed by atoms with Gasteiger partial charge in [0.05, 0.1) is 0 Å². The van der Waals surface area contributed by atoms with Gasteiger partial charge in [0.25, 0.3) is 15.9 Å². The van der Waals surface area contributed by atoms with Crippen LogP contribution < -0.4 is 9.46 Å². The standard InChI is InChI=1S/C17H19NO4S2/c1-10-4-6-14-13(8-10)5-7-15(22-14)17(19)18-24(20,21)16-9-11(2)12(3)23-16/h4,6,8-9,15H,5,7H2,1-3H3,(H,18,19). The van der Waals surface area contributed by atoms with Crippen LogP contribution in [0.3, 0.4) is 0 Å². The number of amides is 1. The molecule has 5 nitrogen and oxygen atoms in total. The van der Waals surface area contributed by atoms with Gasteiger partial charge in [-0.15, -0.1) is 11.3 Å². The normalized spacial score (nSPS) is 17.0. The van der Waals surface area contributed by atoms with Crippen LogP contribution >= 0.6 is 11.3 Å². The summed E-state index contributed by atoms with van der Waals surface area (Å²) in [5, 5.41) is 0. The lowest BCUT2D eigenvalue weighted by Crippen LogP contribution is -2.42. The lowest BCUT2D eigenvalue weighted by molar-refractivity contribution is -0.126. The topological polar surface area (TPSA) is 72.5 Å². The SMILES string of the molecule is Cc1ccc2c(c1)CCC(C(=O)NS(=O)(=O)c1cc(C)c(C)s1)O2. The first-order valence-corrected chi connectivity index (χ1v) is 9.96. The fraction of sp³-hybridized carbons (Fsp3) is 0.353. The van der Waals surface area contributed by atoms with Crippen molar-refractivity contribution in [1.29, 1.82) is 0 Å². The maximum Gasteiger partial charge on any atom is 0.274 e. The van der Waals surface area contributed by atoms with Gasteiger partial charge < -0.3 is 4.74 Å². The zero-order valence-electron chi connectivity index (χ0n) is 13.8. The molecule has 1 unspecified atom stereocenters. The average Bonchev–Trinajstić information content (AvgIpc) is 2.86. The van der Waals surface area contributed by atoms with Crippen molar-refractivity contribution in [2.45, 2.75) is 43.9 Å². The zero-order chi connectivity index (χ0) is 17.5. The number of rotatable bonds is 3. The van der Waals surface area contributed by atoms with E-state index in [0.29, 0.717) is 18.6 Å². The van der Waals surface area contributed by atoms with Gasteiger partial charge >= 0.3 is 0 Å². The number of thiophene rings is 1. The summed E-state index contributed by atoms with van der Waals surface area (Å²) in [6.07, 6.45) is 0.351. The highest BCUT2D eigenvalue weighted by Gasteiger charge is 2.30. The van der Waals surface area contributed by atoms with Crippen molar-refractivity contribution in [2.24, 2.45) is 0 Å². The molecule has 2 aromatic rings. The third kappa shape index (κ3) is 3.32. The second-order valence-corrected chi connectivity index (χ2v) is 9.20. The molecule has 0 saturated carbocycles. The van der Waals surface area contributed by atoms with Gasteiger partial charge in [-0.25, -0.2) is 13.1 Å². The lowest BCUT2D eigenvalue weighted by atomic mass is 10.0. The molecule has 0 saturated heterocycles. The molecule has 0 fully saturated rings. The number of benzene rings is 1. The smallest absolute Gasteiger partial charge is 0.274 e.